The number of carbonyl (C=O) groups excluding carboxylic acids is 1. The van der Waals surface area contributed by atoms with Crippen LogP contribution in [0.3, 0.4) is 0 Å². The molecular weight excluding hydrogens is 492 g/mol. The predicted molar refractivity (Wildman–Crippen MR) is 138 cm³/mol. The summed E-state index contributed by atoms with van der Waals surface area (Å²) in [5, 5.41) is 11.6. The number of methoxy groups -OCH3 is 2. The lowest BCUT2D eigenvalue weighted by molar-refractivity contribution is -0.384. The van der Waals surface area contributed by atoms with E-state index in [1.54, 1.807) is 48.4 Å². The molecule has 10 heteroatoms. The van der Waals surface area contributed by atoms with Gasteiger partial charge < -0.3 is 23.5 Å². The Morgan fingerprint density at radius 3 is 2.47 bits per heavy atom. The van der Waals surface area contributed by atoms with Crippen molar-refractivity contribution >= 4 is 22.6 Å². The summed E-state index contributed by atoms with van der Waals surface area (Å²) in [4.78, 5) is 38.6. The molecule has 10 nitrogen and oxygen atoms in total. The summed E-state index contributed by atoms with van der Waals surface area (Å²) < 4.78 is 22.4. The Morgan fingerprint density at radius 1 is 1.05 bits per heavy atom. The van der Waals surface area contributed by atoms with Gasteiger partial charge in [0.1, 0.15) is 23.5 Å². The van der Waals surface area contributed by atoms with Crippen molar-refractivity contribution in [2.45, 2.75) is 12.5 Å². The zero-order valence-corrected chi connectivity index (χ0v) is 20.7. The Kier molecular flexibility index (Phi) is 6.69. The molecule has 4 aromatic rings. The lowest BCUT2D eigenvalue weighted by atomic mass is 9.91. The Bertz CT molecular complexity index is 1580. The van der Waals surface area contributed by atoms with Crippen LogP contribution in [0.25, 0.3) is 11.0 Å². The molecule has 0 spiro atoms. The van der Waals surface area contributed by atoms with Crippen molar-refractivity contribution in [3.8, 4) is 17.2 Å². The first kappa shape index (κ1) is 24.8. The molecule has 1 aliphatic heterocycles. The van der Waals surface area contributed by atoms with Crippen LogP contribution in [0.15, 0.2) is 75.9 Å². The summed E-state index contributed by atoms with van der Waals surface area (Å²) in [5.74, 6) is 0.977. The molecule has 0 saturated heterocycles. The second-order valence-electron chi connectivity index (χ2n) is 8.72. The molecule has 38 heavy (non-hydrogen) atoms. The van der Waals surface area contributed by atoms with Crippen LogP contribution in [-0.2, 0) is 6.42 Å². The zero-order chi connectivity index (χ0) is 26.8. The highest BCUT2D eigenvalue weighted by Crippen LogP contribution is 2.39. The first-order valence-electron chi connectivity index (χ1n) is 11.9. The Morgan fingerprint density at radius 2 is 1.76 bits per heavy atom. The Hall–Kier alpha value is -4.86. The van der Waals surface area contributed by atoms with Crippen molar-refractivity contribution < 1.29 is 28.3 Å². The summed E-state index contributed by atoms with van der Waals surface area (Å²) in [6, 6.07) is 17.3. The number of nitro benzene ring substituents is 1. The summed E-state index contributed by atoms with van der Waals surface area (Å²) in [6.45, 7) is 0.354. The van der Waals surface area contributed by atoms with E-state index in [4.69, 9.17) is 18.6 Å². The van der Waals surface area contributed by atoms with Gasteiger partial charge in [0.2, 0.25) is 0 Å². The standard InChI is InChI=1S/C28H24N2O8/c1-35-25-14-17-11-12-29(27(31)22-13-18-5-3-4-6-24(18)38-28(22)32)23(21(17)15-26(25)36-2)16-37-20-9-7-19(8-10-20)30(33)34/h3-10,13-15,23H,11-12,16H2,1-2H3. The molecule has 0 fully saturated rings. The monoisotopic (exact) mass is 516 g/mol. The summed E-state index contributed by atoms with van der Waals surface area (Å²) in [5.41, 5.74) is 1.28. The number of hydrogen-bond acceptors (Lipinski definition) is 8. The van der Waals surface area contributed by atoms with Gasteiger partial charge in [-0.3, -0.25) is 14.9 Å². The van der Waals surface area contributed by atoms with E-state index < -0.39 is 22.5 Å². The maximum atomic E-state index is 13.8. The van der Waals surface area contributed by atoms with Crippen LogP contribution in [0, 0.1) is 10.1 Å². The Labute approximate surface area is 217 Å². The van der Waals surface area contributed by atoms with Gasteiger partial charge in [-0.2, -0.15) is 0 Å². The van der Waals surface area contributed by atoms with E-state index in [1.165, 1.54) is 31.4 Å². The van der Waals surface area contributed by atoms with Crippen molar-refractivity contribution in [2.75, 3.05) is 27.4 Å². The summed E-state index contributed by atoms with van der Waals surface area (Å²) in [6.07, 6.45) is 0.522. The lowest BCUT2D eigenvalue weighted by Crippen LogP contribution is -2.44. The smallest absolute Gasteiger partial charge is 0.349 e. The number of nitro groups is 1. The molecule has 1 aromatic heterocycles. The number of ether oxygens (including phenoxy) is 3. The molecule has 0 radical (unpaired) electrons. The lowest BCUT2D eigenvalue weighted by Gasteiger charge is -2.37. The highest BCUT2D eigenvalue weighted by Gasteiger charge is 2.34. The second-order valence-corrected chi connectivity index (χ2v) is 8.72. The number of para-hydroxylation sites is 1. The van der Waals surface area contributed by atoms with Gasteiger partial charge in [-0.05, 0) is 53.9 Å². The molecule has 0 N–H and O–H groups in total. The third-order valence-electron chi connectivity index (χ3n) is 6.59. The third-order valence-corrected chi connectivity index (χ3v) is 6.59. The fourth-order valence-electron chi connectivity index (χ4n) is 4.66. The number of carbonyl (C=O) groups is 1. The largest absolute Gasteiger partial charge is 0.493 e. The third kappa shape index (κ3) is 4.63. The first-order chi connectivity index (χ1) is 18.4. The van der Waals surface area contributed by atoms with Gasteiger partial charge >= 0.3 is 5.63 Å². The van der Waals surface area contributed by atoms with Crippen molar-refractivity contribution in [3.63, 3.8) is 0 Å². The normalized spacial score (nSPS) is 14.6. The molecule has 0 saturated carbocycles. The highest BCUT2D eigenvalue weighted by molar-refractivity contribution is 5.97. The molecule has 1 aliphatic rings. The topological polar surface area (TPSA) is 121 Å². The quantitative estimate of drug-likeness (QED) is 0.199. The van der Waals surface area contributed by atoms with Crippen LogP contribution in [-0.4, -0.2) is 43.1 Å². The van der Waals surface area contributed by atoms with Crippen LogP contribution in [0.4, 0.5) is 5.69 Å². The van der Waals surface area contributed by atoms with E-state index in [9.17, 15) is 19.7 Å². The molecule has 0 bridgehead atoms. The average Bonchev–Trinajstić information content (AvgIpc) is 2.94. The summed E-state index contributed by atoms with van der Waals surface area (Å²) >= 11 is 0. The van der Waals surface area contributed by atoms with Crippen molar-refractivity contribution in [3.05, 3.63) is 104 Å². The molecule has 5 rings (SSSR count). The van der Waals surface area contributed by atoms with Gasteiger partial charge in [0.15, 0.2) is 11.5 Å². The summed E-state index contributed by atoms with van der Waals surface area (Å²) in [7, 11) is 3.08. The molecule has 0 aliphatic carbocycles. The number of rotatable bonds is 7. The molecular formula is C28H24N2O8. The second kappa shape index (κ2) is 10.3. The minimum absolute atomic E-state index is 0.0327. The van der Waals surface area contributed by atoms with Gasteiger partial charge in [-0.1, -0.05) is 18.2 Å². The molecule has 2 heterocycles. The van der Waals surface area contributed by atoms with E-state index in [2.05, 4.69) is 0 Å². The average molecular weight is 517 g/mol. The minimum atomic E-state index is -0.721. The van der Waals surface area contributed by atoms with E-state index in [1.807, 2.05) is 6.07 Å². The van der Waals surface area contributed by atoms with E-state index in [0.29, 0.717) is 41.2 Å². The zero-order valence-electron chi connectivity index (χ0n) is 20.7. The van der Waals surface area contributed by atoms with Crippen LogP contribution in [0.5, 0.6) is 17.2 Å². The van der Waals surface area contributed by atoms with E-state index in [-0.39, 0.29) is 17.9 Å². The number of hydrogen-bond donors (Lipinski definition) is 0. The van der Waals surface area contributed by atoms with E-state index in [0.717, 1.165) is 11.1 Å². The molecule has 1 unspecified atom stereocenters. The number of amides is 1. The fourth-order valence-corrected chi connectivity index (χ4v) is 4.66. The van der Waals surface area contributed by atoms with Gasteiger partial charge in [0, 0.05) is 24.1 Å². The van der Waals surface area contributed by atoms with Gasteiger partial charge in [0.05, 0.1) is 25.2 Å². The van der Waals surface area contributed by atoms with Crippen molar-refractivity contribution in [1.82, 2.24) is 4.90 Å². The van der Waals surface area contributed by atoms with Crippen molar-refractivity contribution in [2.24, 2.45) is 0 Å². The molecule has 194 valence electrons. The molecule has 3 aromatic carbocycles. The molecule has 1 atom stereocenters. The maximum Gasteiger partial charge on any atom is 0.349 e. The predicted octanol–water partition coefficient (Wildman–Crippen LogP) is 4.54. The van der Waals surface area contributed by atoms with Crippen LogP contribution in [0.1, 0.15) is 27.5 Å². The van der Waals surface area contributed by atoms with Gasteiger partial charge in [-0.15, -0.1) is 0 Å². The SMILES string of the molecule is COc1cc2c(cc1OC)C(COc1ccc([N+](=O)[O-])cc1)N(C(=O)c1cc3ccccc3oc1=O)CC2. The minimum Gasteiger partial charge on any atom is -0.493 e. The molecule has 1 amide bonds. The Balaban J connectivity index is 1.53. The number of fused-ring (bicyclic) bond motifs is 2. The number of non-ortho nitro benzene ring substituents is 1. The van der Waals surface area contributed by atoms with Crippen LogP contribution < -0.4 is 19.8 Å². The fraction of sp³-hybridized carbons (Fsp3) is 0.214. The number of benzene rings is 3. The van der Waals surface area contributed by atoms with Gasteiger partial charge in [-0.25, -0.2) is 4.79 Å². The van der Waals surface area contributed by atoms with Crippen LogP contribution >= 0.6 is 0 Å². The first-order valence-corrected chi connectivity index (χ1v) is 11.9. The number of nitrogens with zero attached hydrogens (tertiary/aromatic N) is 2. The van der Waals surface area contributed by atoms with Gasteiger partial charge in [0.25, 0.3) is 11.6 Å². The van der Waals surface area contributed by atoms with Crippen LogP contribution in [0.2, 0.25) is 0 Å². The highest BCUT2D eigenvalue weighted by atomic mass is 16.6. The maximum absolute atomic E-state index is 13.8. The van der Waals surface area contributed by atoms with Crippen molar-refractivity contribution in [1.29, 1.82) is 0 Å². The van der Waals surface area contributed by atoms with E-state index >= 15 is 0 Å².